The average molecular weight is 291 g/mol. The molecule has 21 heavy (non-hydrogen) atoms. The Hall–Kier alpha value is -1.59. The minimum absolute atomic E-state index is 0.00220. The Morgan fingerprint density at radius 2 is 2.10 bits per heavy atom. The number of nitrogens with one attached hydrogen (secondary N) is 2. The van der Waals surface area contributed by atoms with Crippen molar-refractivity contribution in [3.05, 3.63) is 23.8 Å². The molecule has 5 nitrogen and oxygen atoms in total. The molecule has 1 aliphatic heterocycles. The third-order valence-corrected chi connectivity index (χ3v) is 4.07. The fraction of sp³-hybridized carbons (Fsp3) is 0.562. The van der Waals surface area contributed by atoms with Crippen LogP contribution in [0.3, 0.4) is 0 Å². The van der Waals surface area contributed by atoms with Gasteiger partial charge in [-0.15, -0.1) is 0 Å². The summed E-state index contributed by atoms with van der Waals surface area (Å²) in [6, 6.07) is 5.53. The lowest BCUT2D eigenvalue weighted by Gasteiger charge is -2.32. The first kappa shape index (κ1) is 15.8. The number of hydrogen-bond donors (Lipinski definition) is 2. The molecular weight excluding hydrogens is 266 g/mol. The van der Waals surface area contributed by atoms with Crippen molar-refractivity contribution in [1.29, 1.82) is 0 Å². The van der Waals surface area contributed by atoms with Gasteiger partial charge in [0.25, 0.3) is 0 Å². The van der Waals surface area contributed by atoms with Crippen LogP contribution >= 0.6 is 0 Å². The van der Waals surface area contributed by atoms with Crippen LogP contribution in [0.4, 0.5) is 5.69 Å². The fourth-order valence-corrected chi connectivity index (χ4v) is 2.13. The highest BCUT2D eigenvalue weighted by Crippen LogP contribution is 2.33. The van der Waals surface area contributed by atoms with Crippen molar-refractivity contribution in [3.8, 4) is 5.75 Å². The number of hydrogen-bond acceptors (Lipinski definition) is 4. The van der Waals surface area contributed by atoms with Crippen LogP contribution in [0, 0.1) is 0 Å². The lowest BCUT2D eigenvalue weighted by atomic mass is 10.1. The normalized spacial score (nSPS) is 17.8. The van der Waals surface area contributed by atoms with Gasteiger partial charge in [-0.3, -0.25) is 4.79 Å². The molecule has 1 aromatic carbocycles. The molecule has 5 heteroatoms. The lowest BCUT2D eigenvalue weighted by Crippen LogP contribution is -2.43. The molecule has 0 bridgehead atoms. The van der Waals surface area contributed by atoms with Crippen LogP contribution in [0.25, 0.3) is 0 Å². The molecule has 1 atom stereocenters. The van der Waals surface area contributed by atoms with Crippen LogP contribution in [0.15, 0.2) is 18.2 Å². The Balaban J connectivity index is 2.09. The van der Waals surface area contributed by atoms with E-state index in [1.54, 1.807) is 0 Å². The van der Waals surface area contributed by atoms with Gasteiger partial charge >= 0.3 is 0 Å². The molecule has 0 aromatic heterocycles. The molecule has 0 aliphatic carbocycles. The lowest BCUT2D eigenvalue weighted by molar-refractivity contribution is -0.117. The SMILES string of the molecule is CCNC1C(=O)Nc2cc(OCC(C)(C)N(C)C)ccc21. The quantitative estimate of drug-likeness (QED) is 0.842. The third-order valence-electron chi connectivity index (χ3n) is 4.07. The van der Waals surface area contributed by atoms with Crippen molar-refractivity contribution in [3.63, 3.8) is 0 Å². The Bertz CT molecular complexity index is 526. The Labute approximate surface area is 126 Å². The van der Waals surface area contributed by atoms with E-state index in [-0.39, 0.29) is 17.5 Å². The molecule has 1 unspecified atom stereocenters. The second-order valence-electron chi connectivity index (χ2n) is 6.22. The second-order valence-corrected chi connectivity index (χ2v) is 6.22. The maximum atomic E-state index is 11.9. The van der Waals surface area contributed by atoms with E-state index in [0.29, 0.717) is 6.61 Å². The van der Waals surface area contributed by atoms with E-state index in [2.05, 4.69) is 29.4 Å². The highest BCUT2D eigenvalue weighted by atomic mass is 16.5. The van der Waals surface area contributed by atoms with E-state index in [1.165, 1.54) is 0 Å². The summed E-state index contributed by atoms with van der Waals surface area (Å²) in [5.74, 6) is 0.777. The first-order chi connectivity index (χ1) is 9.85. The van der Waals surface area contributed by atoms with Gasteiger partial charge in [0.05, 0.1) is 0 Å². The number of carbonyl (C=O) groups excluding carboxylic acids is 1. The predicted octanol–water partition coefficient (Wildman–Crippen LogP) is 2.01. The monoisotopic (exact) mass is 291 g/mol. The van der Waals surface area contributed by atoms with Gasteiger partial charge in [-0.1, -0.05) is 13.0 Å². The molecule has 0 radical (unpaired) electrons. The second kappa shape index (κ2) is 6.03. The molecule has 1 amide bonds. The maximum absolute atomic E-state index is 11.9. The minimum atomic E-state index is -0.253. The largest absolute Gasteiger partial charge is 0.492 e. The number of fused-ring (bicyclic) bond motifs is 1. The van der Waals surface area contributed by atoms with Crippen molar-refractivity contribution in [2.45, 2.75) is 32.4 Å². The summed E-state index contributed by atoms with van der Waals surface area (Å²) in [7, 11) is 4.07. The van der Waals surface area contributed by atoms with Crippen LogP contribution < -0.4 is 15.4 Å². The smallest absolute Gasteiger partial charge is 0.246 e. The molecule has 0 fully saturated rings. The van der Waals surface area contributed by atoms with Crippen molar-refractivity contribution < 1.29 is 9.53 Å². The van der Waals surface area contributed by atoms with Gasteiger partial charge in [0.15, 0.2) is 0 Å². The molecule has 0 spiro atoms. The van der Waals surface area contributed by atoms with E-state index in [9.17, 15) is 4.79 Å². The molecule has 1 aromatic rings. The number of amides is 1. The summed E-state index contributed by atoms with van der Waals surface area (Å²) in [6.45, 7) is 7.59. The molecule has 1 heterocycles. The van der Waals surface area contributed by atoms with Crippen LogP contribution in [-0.2, 0) is 4.79 Å². The van der Waals surface area contributed by atoms with E-state index >= 15 is 0 Å². The first-order valence-electron chi connectivity index (χ1n) is 7.33. The van der Waals surface area contributed by atoms with Crippen molar-refractivity contribution in [2.24, 2.45) is 0 Å². The molecule has 116 valence electrons. The van der Waals surface area contributed by atoms with Crippen LogP contribution in [0.5, 0.6) is 5.75 Å². The average Bonchev–Trinajstić information content (AvgIpc) is 2.72. The third kappa shape index (κ3) is 3.36. The van der Waals surface area contributed by atoms with Crippen LogP contribution in [-0.4, -0.2) is 43.6 Å². The van der Waals surface area contributed by atoms with E-state index < -0.39 is 0 Å². The van der Waals surface area contributed by atoms with Gasteiger partial charge in [-0.05, 0) is 40.6 Å². The first-order valence-corrected chi connectivity index (χ1v) is 7.33. The molecule has 0 saturated heterocycles. The number of likely N-dealkylation sites (N-methyl/N-ethyl adjacent to an activating group) is 2. The highest BCUT2D eigenvalue weighted by molar-refractivity contribution is 6.02. The fourth-order valence-electron chi connectivity index (χ4n) is 2.13. The number of benzene rings is 1. The molecule has 0 saturated carbocycles. The summed E-state index contributed by atoms with van der Waals surface area (Å²) < 4.78 is 5.87. The van der Waals surface area contributed by atoms with E-state index in [1.807, 2.05) is 39.2 Å². The number of anilines is 1. The molecule has 2 N–H and O–H groups in total. The van der Waals surface area contributed by atoms with Gasteiger partial charge in [0, 0.05) is 22.9 Å². The van der Waals surface area contributed by atoms with E-state index in [4.69, 9.17) is 4.74 Å². The Morgan fingerprint density at radius 3 is 2.71 bits per heavy atom. The predicted molar refractivity (Wildman–Crippen MR) is 84.8 cm³/mol. The molecular formula is C16H25N3O2. The van der Waals surface area contributed by atoms with Gasteiger partial charge in [-0.2, -0.15) is 0 Å². The van der Waals surface area contributed by atoms with E-state index in [0.717, 1.165) is 23.5 Å². The summed E-state index contributed by atoms with van der Waals surface area (Å²) in [5, 5.41) is 6.08. The standard InChI is InChI=1S/C16H25N3O2/c1-6-17-14-12-8-7-11(9-13(12)18-15(14)20)21-10-16(2,3)19(4)5/h7-9,14,17H,6,10H2,1-5H3,(H,18,20). The van der Waals surface area contributed by atoms with Gasteiger partial charge in [0.1, 0.15) is 18.4 Å². The van der Waals surface area contributed by atoms with Crippen molar-refractivity contribution in [2.75, 3.05) is 32.6 Å². The summed E-state index contributed by atoms with van der Waals surface area (Å²) in [4.78, 5) is 14.0. The molecule has 1 aliphatic rings. The van der Waals surface area contributed by atoms with Gasteiger partial charge in [0.2, 0.25) is 5.91 Å². The highest BCUT2D eigenvalue weighted by Gasteiger charge is 2.30. The van der Waals surface area contributed by atoms with Crippen LogP contribution in [0.2, 0.25) is 0 Å². The zero-order chi connectivity index (χ0) is 15.6. The summed E-state index contributed by atoms with van der Waals surface area (Å²) >= 11 is 0. The van der Waals surface area contributed by atoms with Crippen LogP contribution in [0.1, 0.15) is 32.4 Å². The summed E-state index contributed by atoms with van der Waals surface area (Å²) in [5.41, 5.74) is 1.78. The van der Waals surface area contributed by atoms with Crippen molar-refractivity contribution >= 4 is 11.6 Å². The zero-order valence-electron chi connectivity index (χ0n) is 13.5. The minimum Gasteiger partial charge on any atom is -0.492 e. The Kier molecular flexibility index (Phi) is 4.54. The van der Waals surface area contributed by atoms with Crippen molar-refractivity contribution in [1.82, 2.24) is 10.2 Å². The van der Waals surface area contributed by atoms with Gasteiger partial charge < -0.3 is 20.3 Å². The van der Waals surface area contributed by atoms with Gasteiger partial charge in [-0.25, -0.2) is 0 Å². The number of ether oxygens (including phenoxy) is 1. The maximum Gasteiger partial charge on any atom is 0.246 e. The topological polar surface area (TPSA) is 53.6 Å². The number of nitrogens with zero attached hydrogens (tertiary/aromatic N) is 1. The Morgan fingerprint density at radius 1 is 1.38 bits per heavy atom. The number of carbonyl (C=O) groups is 1. The summed E-state index contributed by atoms with van der Waals surface area (Å²) in [6.07, 6.45) is 0. The molecule has 2 rings (SSSR count). The number of rotatable bonds is 6. The zero-order valence-corrected chi connectivity index (χ0v) is 13.5.